The van der Waals surface area contributed by atoms with Crippen LogP contribution in [0.3, 0.4) is 0 Å². The lowest BCUT2D eigenvalue weighted by molar-refractivity contribution is -0.136. The Balaban J connectivity index is 1.69. The van der Waals surface area contributed by atoms with Crippen LogP contribution in [-0.4, -0.2) is 39.2 Å². The average molecular weight is 475 g/mol. The first-order chi connectivity index (χ1) is 15.8. The summed E-state index contributed by atoms with van der Waals surface area (Å²) >= 11 is 5.98. The van der Waals surface area contributed by atoms with Crippen molar-refractivity contribution in [3.8, 4) is 5.75 Å². The van der Waals surface area contributed by atoms with E-state index in [4.69, 9.17) is 16.3 Å². The van der Waals surface area contributed by atoms with Crippen LogP contribution in [0.4, 0.5) is 14.5 Å². The molecule has 2 unspecified atom stereocenters. The zero-order valence-corrected chi connectivity index (χ0v) is 18.0. The smallest absolute Gasteiger partial charge is 0.297 e. The summed E-state index contributed by atoms with van der Waals surface area (Å²) in [6.07, 6.45) is -0.413. The number of rotatable bonds is 6. The number of nitrogens with zero attached hydrogens (tertiary/aromatic N) is 4. The number of carbonyl (C=O) groups is 3. The zero-order valence-electron chi connectivity index (χ0n) is 17.2. The van der Waals surface area contributed by atoms with Gasteiger partial charge >= 0.3 is 0 Å². The summed E-state index contributed by atoms with van der Waals surface area (Å²) in [5, 5.41) is 7.69. The number of ether oxygens (including phenoxy) is 1. The minimum absolute atomic E-state index is 0.0307. The number of aromatic nitrogens is 3. The monoisotopic (exact) mass is 474 g/mol. The topological polar surface area (TPSA) is 93.9 Å². The molecular formula is C22H17ClF2N4O4. The van der Waals surface area contributed by atoms with E-state index >= 15 is 0 Å². The van der Waals surface area contributed by atoms with Crippen molar-refractivity contribution in [2.45, 2.75) is 25.3 Å². The summed E-state index contributed by atoms with van der Waals surface area (Å²) in [7, 11) is 1.32. The number of alkyl halides is 2. The van der Waals surface area contributed by atoms with Gasteiger partial charge in [0.15, 0.2) is 23.2 Å². The van der Waals surface area contributed by atoms with Crippen molar-refractivity contribution in [1.29, 1.82) is 0 Å². The van der Waals surface area contributed by atoms with E-state index in [-0.39, 0.29) is 23.0 Å². The summed E-state index contributed by atoms with van der Waals surface area (Å²) in [5.74, 6) is -3.99. The van der Waals surface area contributed by atoms with E-state index < -0.39 is 41.7 Å². The second kappa shape index (κ2) is 7.87. The van der Waals surface area contributed by atoms with Crippen LogP contribution >= 0.6 is 11.6 Å². The Kier molecular flexibility index (Phi) is 5.12. The van der Waals surface area contributed by atoms with Crippen molar-refractivity contribution in [1.82, 2.24) is 14.6 Å². The summed E-state index contributed by atoms with van der Waals surface area (Å²) in [4.78, 5) is 40.9. The summed E-state index contributed by atoms with van der Waals surface area (Å²) < 4.78 is 33.3. The zero-order chi connectivity index (χ0) is 23.4. The van der Waals surface area contributed by atoms with E-state index in [2.05, 4.69) is 10.2 Å². The van der Waals surface area contributed by atoms with Crippen LogP contribution in [0.2, 0.25) is 5.02 Å². The first-order valence-corrected chi connectivity index (χ1v) is 10.6. The maximum Gasteiger partial charge on any atom is 0.297 e. The first kappa shape index (κ1) is 21.4. The number of benzene rings is 1. The van der Waals surface area contributed by atoms with E-state index in [1.54, 1.807) is 24.3 Å². The molecule has 2 atom stereocenters. The lowest BCUT2D eigenvalue weighted by Crippen LogP contribution is -2.32. The molecule has 5 rings (SSSR count). The van der Waals surface area contributed by atoms with Gasteiger partial charge in [-0.25, -0.2) is 8.78 Å². The van der Waals surface area contributed by atoms with Gasteiger partial charge < -0.3 is 4.74 Å². The van der Waals surface area contributed by atoms with Gasteiger partial charge in [0.1, 0.15) is 6.04 Å². The number of fused-ring (bicyclic) bond motifs is 1. The van der Waals surface area contributed by atoms with Crippen molar-refractivity contribution < 1.29 is 27.9 Å². The van der Waals surface area contributed by atoms with Gasteiger partial charge in [0.2, 0.25) is 17.4 Å². The van der Waals surface area contributed by atoms with E-state index in [9.17, 15) is 23.2 Å². The van der Waals surface area contributed by atoms with Crippen LogP contribution in [0.5, 0.6) is 5.75 Å². The van der Waals surface area contributed by atoms with Crippen LogP contribution < -0.4 is 9.64 Å². The highest BCUT2D eigenvalue weighted by molar-refractivity contribution is 6.31. The van der Waals surface area contributed by atoms with Gasteiger partial charge in [0.05, 0.1) is 12.8 Å². The number of hydrogen-bond acceptors (Lipinski definition) is 6. The molecule has 170 valence electrons. The molecule has 1 amide bonds. The minimum Gasteiger partial charge on any atom is -0.493 e. The second-order valence-electron chi connectivity index (χ2n) is 7.99. The molecule has 0 bridgehead atoms. The number of amides is 1. The Morgan fingerprint density at radius 3 is 2.48 bits per heavy atom. The molecule has 1 aromatic carbocycles. The van der Waals surface area contributed by atoms with Gasteiger partial charge in [0.25, 0.3) is 6.43 Å². The SMILES string of the molecule is COc1cc(N2C(=O)C(C(=O)C3CC3)C(=O)C2c2ccc(Cl)cc2)cn2c(C(F)F)nnc12. The third-order valence-electron chi connectivity index (χ3n) is 5.92. The van der Waals surface area contributed by atoms with Crippen LogP contribution in [0.25, 0.3) is 5.65 Å². The molecule has 2 aromatic heterocycles. The van der Waals surface area contributed by atoms with Gasteiger partial charge in [0, 0.05) is 23.2 Å². The predicted octanol–water partition coefficient (Wildman–Crippen LogP) is 3.58. The summed E-state index contributed by atoms with van der Waals surface area (Å²) in [6, 6.07) is 6.61. The molecule has 1 saturated heterocycles. The van der Waals surface area contributed by atoms with E-state index in [0.717, 1.165) is 9.30 Å². The first-order valence-electron chi connectivity index (χ1n) is 10.2. The fraction of sp³-hybridized carbons (Fsp3) is 0.318. The molecule has 0 radical (unpaired) electrons. The van der Waals surface area contributed by atoms with Gasteiger partial charge in [-0.2, -0.15) is 0 Å². The Labute approximate surface area is 191 Å². The van der Waals surface area contributed by atoms with Crippen LogP contribution in [0, 0.1) is 11.8 Å². The van der Waals surface area contributed by atoms with E-state index in [1.807, 2.05) is 0 Å². The quantitative estimate of drug-likeness (QED) is 0.507. The number of methoxy groups -OCH3 is 1. The third kappa shape index (κ3) is 3.45. The maximum atomic E-state index is 13.5. The van der Waals surface area contributed by atoms with E-state index in [0.29, 0.717) is 23.4 Å². The number of anilines is 1. The highest BCUT2D eigenvalue weighted by atomic mass is 35.5. The highest BCUT2D eigenvalue weighted by Gasteiger charge is 2.54. The number of ketones is 2. The number of Topliss-reactive ketones (excluding diaryl/α,β-unsaturated/α-hetero) is 2. The van der Waals surface area contributed by atoms with Crippen molar-refractivity contribution in [2.75, 3.05) is 12.0 Å². The Hall–Kier alpha value is -3.40. The molecule has 3 aromatic rings. The molecule has 33 heavy (non-hydrogen) atoms. The maximum absolute atomic E-state index is 13.5. The molecule has 3 heterocycles. The molecule has 2 aliphatic rings. The molecule has 11 heteroatoms. The van der Waals surface area contributed by atoms with Gasteiger partial charge in [-0.1, -0.05) is 23.7 Å². The normalized spacial score (nSPS) is 20.8. The second-order valence-corrected chi connectivity index (χ2v) is 8.43. The Morgan fingerprint density at radius 1 is 1.18 bits per heavy atom. The van der Waals surface area contributed by atoms with Gasteiger partial charge in [-0.05, 0) is 30.5 Å². The highest BCUT2D eigenvalue weighted by Crippen LogP contribution is 2.43. The van der Waals surface area contributed by atoms with Crippen LogP contribution in [-0.2, 0) is 14.4 Å². The molecule has 0 N–H and O–H groups in total. The van der Waals surface area contributed by atoms with Crippen molar-refractivity contribution in [2.24, 2.45) is 11.8 Å². The molecule has 2 fully saturated rings. The van der Waals surface area contributed by atoms with Crippen LogP contribution in [0.15, 0.2) is 36.5 Å². The van der Waals surface area contributed by atoms with Crippen molar-refractivity contribution in [3.05, 3.63) is 52.9 Å². The van der Waals surface area contributed by atoms with Crippen LogP contribution in [0.1, 0.15) is 36.7 Å². The third-order valence-corrected chi connectivity index (χ3v) is 6.17. The largest absolute Gasteiger partial charge is 0.493 e. The number of carbonyl (C=O) groups excluding carboxylic acids is 3. The van der Waals surface area contributed by atoms with Gasteiger partial charge in [-0.15, -0.1) is 10.2 Å². The summed E-state index contributed by atoms with van der Waals surface area (Å²) in [6.45, 7) is 0. The van der Waals surface area contributed by atoms with Crippen molar-refractivity contribution in [3.63, 3.8) is 0 Å². The van der Waals surface area contributed by atoms with Crippen molar-refractivity contribution >= 4 is 40.4 Å². The Bertz CT molecular complexity index is 1290. The standard InChI is InChI=1S/C22H17ClF2N4O4/c1-33-14-8-13(9-28-20(14)26-27-21(28)19(24)25)29-16(10-4-6-12(23)7-5-10)18(31)15(22(29)32)17(30)11-2-3-11/h4-9,11,15-16,19H,2-3H2,1H3. The average Bonchev–Trinajstić information content (AvgIpc) is 3.50. The number of pyridine rings is 1. The fourth-order valence-electron chi connectivity index (χ4n) is 4.17. The number of hydrogen-bond donors (Lipinski definition) is 0. The lowest BCUT2D eigenvalue weighted by atomic mass is 9.93. The molecule has 1 aliphatic heterocycles. The Morgan fingerprint density at radius 2 is 1.88 bits per heavy atom. The molecule has 1 saturated carbocycles. The predicted molar refractivity (Wildman–Crippen MR) is 112 cm³/mol. The molecular weight excluding hydrogens is 458 g/mol. The fourth-order valence-corrected chi connectivity index (χ4v) is 4.30. The molecule has 1 aliphatic carbocycles. The van der Waals surface area contributed by atoms with Gasteiger partial charge in [-0.3, -0.25) is 23.7 Å². The summed E-state index contributed by atoms with van der Waals surface area (Å²) in [5.41, 5.74) is 0.578. The molecule has 0 spiro atoms. The minimum atomic E-state index is -2.94. The molecule has 8 nitrogen and oxygen atoms in total. The van der Waals surface area contributed by atoms with E-state index in [1.165, 1.54) is 19.4 Å². The lowest BCUT2D eigenvalue weighted by Gasteiger charge is -2.24. The number of halogens is 3.